The summed E-state index contributed by atoms with van der Waals surface area (Å²) in [5.41, 5.74) is 2.22. The molecule has 1 amide bonds. The Morgan fingerprint density at radius 1 is 1.00 bits per heavy atom. The minimum Gasteiger partial charge on any atom is -0.462 e. The number of benzene rings is 2. The predicted octanol–water partition coefficient (Wildman–Crippen LogP) is 3.57. The van der Waals surface area contributed by atoms with Crippen LogP contribution in [0.2, 0.25) is 0 Å². The lowest BCUT2D eigenvalue weighted by atomic mass is 9.87. The van der Waals surface area contributed by atoms with Gasteiger partial charge in [0.15, 0.2) is 0 Å². The Balaban J connectivity index is 2.14. The van der Waals surface area contributed by atoms with E-state index < -0.39 is 21.9 Å². The van der Waals surface area contributed by atoms with Crippen LogP contribution in [-0.4, -0.2) is 39.7 Å². The number of anilines is 2. The van der Waals surface area contributed by atoms with Crippen molar-refractivity contribution in [3.05, 3.63) is 59.7 Å². The smallest absolute Gasteiger partial charge is 0.338 e. The fourth-order valence-electron chi connectivity index (χ4n) is 2.76. The third kappa shape index (κ3) is 6.32. The minimum atomic E-state index is -3.67. The van der Waals surface area contributed by atoms with Crippen LogP contribution in [0, 0.1) is 0 Å². The third-order valence-corrected chi connectivity index (χ3v) is 5.53. The molecule has 0 fully saturated rings. The molecule has 0 aromatic heterocycles. The van der Waals surface area contributed by atoms with Gasteiger partial charge in [-0.3, -0.25) is 9.10 Å². The second-order valence-electron chi connectivity index (χ2n) is 7.91. The number of nitrogens with zero attached hydrogens (tertiary/aromatic N) is 1. The monoisotopic (exact) mass is 432 g/mol. The quantitative estimate of drug-likeness (QED) is 0.675. The molecule has 1 N–H and O–H groups in total. The lowest BCUT2D eigenvalue weighted by Crippen LogP contribution is -2.37. The summed E-state index contributed by atoms with van der Waals surface area (Å²) in [6.45, 7) is 7.82. The molecule has 30 heavy (non-hydrogen) atoms. The number of sulfonamides is 1. The molecule has 0 spiro atoms. The largest absolute Gasteiger partial charge is 0.462 e. The van der Waals surface area contributed by atoms with E-state index >= 15 is 0 Å². The Labute approximate surface area is 178 Å². The standard InChI is InChI=1S/C22H28N2O5S/c1-6-29-21(26)16-7-11-18(12-8-16)23-20(25)15-24(30(5,27)28)19-13-9-17(10-14-19)22(2,3)4/h7-14H,6,15H2,1-5H3,(H,23,25). The summed E-state index contributed by atoms with van der Waals surface area (Å²) in [6, 6.07) is 13.3. The number of ether oxygens (including phenoxy) is 1. The van der Waals surface area contributed by atoms with E-state index in [0.29, 0.717) is 16.9 Å². The third-order valence-electron chi connectivity index (χ3n) is 4.39. The highest BCUT2D eigenvalue weighted by Gasteiger charge is 2.22. The van der Waals surface area contributed by atoms with Crippen LogP contribution in [0.3, 0.4) is 0 Å². The van der Waals surface area contributed by atoms with Gasteiger partial charge in [-0.25, -0.2) is 13.2 Å². The highest BCUT2D eigenvalue weighted by Crippen LogP contribution is 2.26. The van der Waals surface area contributed by atoms with Gasteiger partial charge in [-0.05, 0) is 54.3 Å². The first-order valence-corrected chi connectivity index (χ1v) is 11.4. The summed E-state index contributed by atoms with van der Waals surface area (Å²) in [4.78, 5) is 24.2. The van der Waals surface area contributed by atoms with E-state index in [9.17, 15) is 18.0 Å². The van der Waals surface area contributed by atoms with E-state index in [0.717, 1.165) is 16.1 Å². The Bertz CT molecular complexity index is 991. The lowest BCUT2D eigenvalue weighted by Gasteiger charge is -2.24. The topological polar surface area (TPSA) is 92.8 Å². The molecule has 7 nitrogen and oxygen atoms in total. The van der Waals surface area contributed by atoms with Crippen molar-refractivity contribution < 1.29 is 22.7 Å². The van der Waals surface area contributed by atoms with Gasteiger partial charge in [-0.2, -0.15) is 0 Å². The SMILES string of the molecule is CCOC(=O)c1ccc(NC(=O)CN(c2ccc(C(C)(C)C)cc2)S(C)(=O)=O)cc1. The molecular weight excluding hydrogens is 404 g/mol. The van der Waals surface area contributed by atoms with Gasteiger partial charge < -0.3 is 10.1 Å². The Morgan fingerprint density at radius 2 is 1.57 bits per heavy atom. The lowest BCUT2D eigenvalue weighted by molar-refractivity contribution is -0.114. The molecular formula is C22H28N2O5S. The van der Waals surface area contributed by atoms with E-state index in [1.807, 2.05) is 12.1 Å². The van der Waals surface area contributed by atoms with Crippen LogP contribution in [0.1, 0.15) is 43.6 Å². The van der Waals surface area contributed by atoms with Gasteiger partial charge in [0.1, 0.15) is 6.54 Å². The zero-order valence-electron chi connectivity index (χ0n) is 17.9. The van der Waals surface area contributed by atoms with Crippen molar-refractivity contribution in [2.75, 3.05) is 29.0 Å². The second-order valence-corrected chi connectivity index (χ2v) is 9.82. The van der Waals surface area contributed by atoms with Crippen molar-refractivity contribution in [3.8, 4) is 0 Å². The summed E-state index contributed by atoms with van der Waals surface area (Å²) >= 11 is 0. The molecule has 162 valence electrons. The van der Waals surface area contributed by atoms with Crippen LogP contribution in [0.5, 0.6) is 0 Å². The number of esters is 1. The van der Waals surface area contributed by atoms with Crippen LogP contribution in [0.15, 0.2) is 48.5 Å². The van der Waals surface area contributed by atoms with Crippen molar-refractivity contribution in [1.82, 2.24) is 0 Å². The summed E-state index contributed by atoms with van der Waals surface area (Å²) in [6.07, 6.45) is 1.06. The highest BCUT2D eigenvalue weighted by atomic mass is 32.2. The normalized spacial score (nSPS) is 11.6. The number of rotatable bonds is 7. The summed E-state index contributed by atoms with van der Waals surface area (Å²) in [5, 5.41) is 2.65. The molecule has 2 aromatic carbocycles. The number of carbonyl (C=O) groups excluding carboxylic acids is 2. The molecule has 0 heterocycles. The molecule has 2 rings (SSSR count). The number of amides is 1. The van der Waals surface area contributed by atoms with E-state index in [2.05, 4.69) is 26.1 Å². The maximum absolute atomic E-state index is 12.5. The summed E-state index contributed by atoms with van der Waals surface area (Å²) < 4.78 is 30.5. The fraction of sp³-hybridized carbons (Fsp3) is 0.364. The zero-order valence-corrected chi connectivity index (χ0v) is 18.7. The first-order chi connectivity index (χ1) is 13.9. The second kappa shape index (κ2) is 9.30. The first kappa shape index (κ1) is 23.4. The van der Waals surface area contributed by atoms with Gasteiger partial charge in [-0.1, -0.05) is 32.9 Å². The van der Waals surface area contributed by atoms with Gasteiger partial charge in [0.05, 0.1) is 24.1 Å². The highest BCUT2D eigenvalue weighted by molar-refractivity contribution is 7.92. The van der Waals surface area contributed by atoms with Crippen molar-refractivity contribution >= 4 is 33.3 Å². The maximum atomic E-state index is 12.5. The molecule has 0 aliphatic carbocycles. The van der Waals surface area contributed by atoms with Gasteiger partial charge in [0.25, 0.3) is 0 Å². The molecule has 0 bridgehead atoms. The summed E-state index contributed by atoms with van der Waals surface area (Å²) in [5.74, 6) is -0.943. The van der Waals surface area contributed by atoms with Crippen LogP contribution in [-0.2, 0) is 25.0 Å². The van der Waals surface area contributed by atoms with E-state index in [4.69, 9.17) is 4.74 Å². The van der Waals surface area contributed by atoms with Crippen molar-refractivity contribution in [3.63, 3.8) is 0 Å². The Kier molecular flexibility index (Phi) is 7.25. The number of carbonyl (C=O) groups is 2. The molecule has 0 unspecified atom stereocenters. The van der Waals surface area contributed by atoms with Crippen molar-refractivity contribution in [2.45, 2.75) is 33.1 Å². The van der Waals surface area contributed by atoms with Crippen molar-refractivity contribution in [1.29, 1.82) is 0 Å². The molecule has 0 saturated heterocycles. The van der Waals surface area contributed by atoms with Gasteiger partial charge in [0, 0.05) is 5.69 Å². The predicted molar refractivity (Wildman–Crippen MR) is 118 cm³/mol. The van der Waals surface area contributed by atoms with Crippen LogP contribution in [0.4, 0.5) is 11.4 Å². The number of nitrogens with one attached hydrogen (secondary N) is 1. The van der Waals surface area contributed by atoms with Crippen LogP contribution < -0.4 is 9.62 Å². The fourth-order valence-corrected chi connectivity index (χ4v) is 3.62. The van der Waals surface area contributed by atoms with Crippen LogP contribution >= 0.6 is 0 Å². The van der Waals surface area contributed by atoms with Crippen LogP contribution in [0.25, 0.3) is 0 Å². The van der Waals surface area contributed by atoms with E-state index in [1.165, 1.54) is 12.1 Å². The molecule has 2 aromatic rings. The Hall–Kier alpha value is -2.87. The minimum absolute atomic E-state index is 0.0679. The average molecular weight is 433 g/mol. The number of hydrogen-bond donors (Lipinski definition) is 1. The van der Waals surface area contributed by atoms with E-state index in [1.54, 1.807) is 31.2 Å². The Morgan fingerprint density at radius 3 is 2.03 bits per heavy atom. The van der Waals surface area contributed by atoms with Crippen molar-refractivity contribution in [2.24, 2.45) is 0 Å². The molecule has 0 atom stereocenters. The molecule has 0 saturated carbocycles. The molecule has 8 heteroatoms. The molecule has 0 aliphatic rings. The van der Waals surface area contributed by atoms with E-state index in [-0.39, 0.29) is 18.6 Å². The first-order valence-electron chi connectivity index (χ1n) is 9.57. The molecule has 0 radical (unpaired) electrons. The summed E-state index contributed by atoms with van der Waals surface area (Å²) in [7, 11) is -3.67. The zero-order chi connectivity index (χ0) is 22.5. The number of hydrogen-bond acceptors (Lipinski definition) is 5. The van der Waals surface area contributed by atoms with Gasteiger partial charge in [0.2, 0.25) is 15.9 Å². The average Bonchev–Trinajstić information content (AvgIpc) is 2.65. The van der Waals surface area contributed by atoms with Gasteiger partial charge >= 0.3 is 5.97 Å². The molecule has 0 aliphatic heterocycles. The van der Waals surface area contributed by atoms with Gasteiger partial charge in [-0.15, -0.1) is 0 Å². The maximum Gasteiger partial charge on any atom is 0.338 e.